The maximum Gasteiger partial charge on any atom is 0.326 e. The average Bonchev–Trinajstić information content (AvgIpc) is 2.44. The van der Waals surface area contributed by atoms with Gasteiger partial charge >= 0.3 is 5.97 Å². The van der Waals surface area contributed by atoms with Gasteiger partial charge in [-0.15, -0.1) is 0 Å². The second kappa shape index (κ2) is 8.26. The van der Waals surface area contributed by atoms with Gasteiger partial charge in [0, 0.05) is 6.42 Å². The van der Waals surface area contributed by atoms with Gasteiger partial charge in [-0.2, -0.15) is 0 Å². The Labute approximate surface area is 130 Å². The fourth-order valence-corrected chi connectivity index (χ4v) is 2.11. The first-order chi connectivity index (χ1) is 10.3. The Morgan fingerprint density at radius 2 is 2.00 bits per heavy atom. The third-order valence-corrected chi connectivity index (χ3v) is 3.22. The van der Waals surface area contributed by atoms with Gasteiger partial charge in [-0.05, 0) is 36.5 Å². The first-order valence-corrected chi connectivity index (χ1v) is 7.21. The van der Waals surface area contributed by atoms with Crippen molar-refractivity contribution in [2.45, 2.75) is 39.2 Å². The molecule has 1 rings (SSSR count). The van der Waals surface area contributed by atoms with Crippen LogP contribution in [0.5, 0.6) is 11.5 Å². The number of carbonyl (C=O) groups is 2. The first-order valence-electron chi connectivity index (χ1n) is 7.21. The number of amides is 1. The number of benzene rings is 1. The van der Waals surface area contributed by atoms with Gasteiger partial charge in [0.2, 0.25) is 5.91 Å². The largest absolute Gasteiger partial charge is 0.504 e. The monoisotopic (exact) mass is 309 g/mol. The van der Waals surface area contributed by atoms with Gasteiger partial charge < -0.3 is 20.3 Å². The van der Waals surface area contributed by atoms with Crippen molar-refractivity contribution in [2.24, 2.45) is 5.92 Å². The maximum absolute atomic E-state index is 11.9. The molecule has 1 atom stereocenters. The van der Waals surface area contributed by atoms with E-state index in [9.17, 15) is 14.7 Å². The van der Waals surface area contributed by atoms with Crippen molar-refractivity contribution in [3.63, 3.8) is 0 Å². The number of carboxylic acids is 1. The summed E-state index contributed by atoms with van der Waals surface area (Å²) in [6.45, 7) is 3.81. The van der Waals surface area contributed by atoms with E-state index in [1.807, 2.05) is 13.8 Å². The van der Waals surface area contributed by atoms with Crippen LogP contribution in [0, 0.1) is 5.92 Å². The Balaban J connectivity index is 2.54. The fourth-order valence-electron chi connectivity index (χ4n) is 2.11. The molecular weight excluding hydrogens is 286 g/mol. The molecule has 1 amide bonds. The van der Waals surface area contributed by atoms with Crippen LogP contribution in [0.3, 0.4) is 0 Å². The summed E-state index contributed by atoms with van der Waals surface area (Å²) in [5.74, 6) is -0.771. The summed E-state index contributed by atoms with van der Waals surface area (Å²) < 4.78 is 4.95. The smallest absolute Gasteiger partial charge is 0.326 e. The van der Waals surface area contributed by atoms with Crippen LogP contribution >= 0.6 is 0 Å². The van der Waals surface area contributed by atoms with Gasteiger partial charge in [0.1, 0.15) is 6.04 Å². The molecule has 0 spiro atoms. The van der Waals surface area contributed by atoms with Gasteiger partial charge in [0.05, 0.1) is 7.11 Å². The average molecular weight is 309 g/mol. The van der Waals surface area contributed by atoms with Crippen molar-refractivity contribution in [3.8, 4) is 11.5 Å². The second-order valence-corrected chi connectivity index (χ2v) is 5.59. The number of carbonyl (C=O) groups excluding carboxylic acids is 1. The quantitative estimate of drug-likeness (QED) is 0.682. The molecular formula is C16H23NO5. The van der Waals surface area contributed by atoms with E-state index in [0.717, 1.165) is 5.56 Å². The summed E-state index contributed by atoms with van der Waals surface area (Å²) in [7, 11) is 1.46. The molecule has 0 bridgehead atoms. The third-order valence-electron chi connectivity index (χ3n) is 3.22. The number of nitrogens with one attached hydrogen (secondary N) is 1. The standard InChI is InChI=1S/C16H23NO5/c1-10(2)8-12(16(20)21)17-15(19)7-5-11-4-6-14(22-3)13(18)9-11/h4,6,9-10,12,18H,5,7-8H2,1-3H3,(H,17,19)(H,20,21). The van der Waals surface area contributed by atoms with Crippen LogP contribution in [0.1, 0.15) is 32.3 Å². The Kier molecular flexibility index (Phi) is 6.69. The van der Waals surface area contributed by atoms with Crippen molar-refractivity contribution in [2.75, 3.05) is 7.11 Å². The van der Waals surface area contributed by atoms with E-state index in [-0.39, 0.29) is 24.0 Å². The lowest BCUT2D eigenvalue weighted by Crippen LogP contribution is -2.41. The van der Waals surface area contributed by atoms with E-state index in [2.05, 4.69) is 5.32 Å². The van der Waals surface area contributed by atoms with Crippen molar-refractivity contribution in [1.29, 1.82) is 0 Å². The van der Waals surface area contributed by atoms with E-state index < -0.39 is 12.0 Å². The molecule has 0 saturated carbocycles. The van der Waals surface area contributed by atoms with Gasteiger partial charge in [0.25, 0.3) is 0 Å². The highest BCUT2D eigenvalue weighted by Gasteiger charge is 2.20. The lowest BCUT2D eigenvalue weighted by atomic mass is 10.0. The molecule has 0 saturated heterocycles. The number of rotatable bonds is 8. The van der Waals surface area contributed by atoms with Crippen LogP contribution in [-0.4, -0.2) is 35.2 Å². The number of methoxy groups -OCH3 is 1. The number of hydrogen-bond acceptors (Lipinski definition) is 4. The highest BCUT2D eigenvalue weighted by molar-refractivity contribution is 5.83. The SMILES string of the molecule is COc1ccc(CCC(=O)NC(CC(C)C)C(=O)O)cc1O. The summed E-state index contributed by atoms with van der Waals surface area (Å²) >= 11 is 0. The minimum Gasteiger partial charge on any atom is -0.504 e. The first kappa shape index (κ1) is 17.8. The maximum atomic E-state index is 11.9. The molecule has 3 N–H and O–H groups in total. The minimum atomic E-state index is -1.02. The second-order valence-electron chi connectivity index (χ2n) is 5.59. The lowest BCUT2D eigenvalue weighted by Gasteiger charge is -2.16. The Hall–Kier alpha value is -2.24. The molecule has 0 aliphatic rings. The van der Waals surface area contributed by atoms with Crippen molar-refractivity contribution >= 4 is 11.9 Å². The van der Waals surface area contributed by atoms with Crippen LogP contribution in [0.15, 0.2) is 18.2 Å². The number of aliphatic carboxylic acids is 1. The molecule has 6 nitrogen and oxygen atoms in total. The molecule has 0 radical (unpaired) electrons. The minimum absolute atomic E-state index is 0.0172. The molecule has 0 fully saturated rings. The zero-order valence-electron chi connectivity index (χ0n) is 13.1. The summed E-state index contributed by atoms with van der Waals surface area (Å²) in [5, 5.41) is 21.3. The van der Waals surface area contributed by atoms with E-state index in [1.165, 1.54) is 13.2 Å². The summed E-state index contributed by atoms with van der Waals surface area (Å²) in [6.07, 6.45) is 0.968. The van der Waals surface area contributed by atoms with Crippen LogP contribution in [0.25, 0.3) is 0 Å². The highest BCUT2D eigenvalue weighted by atomic mass is 16.5. The molecule has 122 valence electrons. The zero-order chi connectivity index (χ0) is 16.7. The number of phenolic OH excluding ortho intramolecular Hbond substituents is 1. The normalized spacial score (nSPS) is 12.0. The molecule has 0 heterocycles. The predicted octanol–water partition coefficient (Wildman–Crippen LogP) is 1.95. The van der Waals surface area contributed by atoms with Gasteiger partial charge in [0.15, 0.2) is 11.5 Å². The Morgan fingerprint density at radius 3 is 2.50 bits per heavy atom. The Bertz CT molecular complexity index is 527. The summed E-state index contributed by atoms with van der Waals surface area (Å²) in [4.78, 5) is 23.0. The zero-order valence-corrected chi connectivity index (χ0v) is 13.1. The van der Waals surface area contributed by atoms with Gasteiger partial charge in [-0.25, -0.2) is 4.79 Å². The van der Waals surface area contributed by atoms with Crippen LogP contribution < -0.4 is 10.1 Å². The highest BCUT2D eigenvalue weighted by Crippen LogP contribution is 2.26. The summed E-state index contributed by atoms with van der Waals surface area (Å²) in [6, 6.07) is 4.06. The molecule has 1 aromatic rings. The van der Waals surface area contributed by atoms with E-state index in [0.29, 0.717) is 18.6 Å². The van der Waals surface area contributed by atoms with Crippen molar-refractivity contribution in [1.82, 2.24) is 5.32 Å². The number of carboxylic acid groups (broad SMARTS) is 1. The number of ether oxygens (including phenoxy) is 1. The molecule has 1 aromatic carbocycles. The van der Waals surface area contributed by atoms with Crippen LogP contribution in [0.4, 0.5) is 0 Å². The molecule has 0 aliphatic heterocycles. The topological polar surface area (TPSA) is 95.9 Å². The molecule has 6 heteroatoms. The molecule has 0 aliphatic carbocycles. The van der Waals surface area contributed by atoms with Crippen molar-refractivity contribution in [3.05, 3.63) is 23.8 Å². The van der Waals surface area contributed by atoms with Gasteiger partial charge in [-0.1, -0.05) is 19.9 Å². The van der Waals surface area contributed by atoms with Gasteiger partial charge in [-0.3, -0.25) is 4.79 Å². The Morgan fingerprint density at radius 1 is 1.32 bits per heavy atom. The third kappa shape index (κ3) is 5.63. The molecule has 0 aromatic heterocycles. The number of aromatic hydroxyl groups is 1. The fraction of sp³-hybridized carbons (Fsp3) is 0.500. The van der Waals surface area contributed by atoms with E-state index >= 15 is 0 Å². The number of phenols is 1. The van der Waals surface area contributed by atoms with Crippen LogP contribution in [0.2, 0.25) is 0 Å². The van der Waals surface area contributed by atoms with Crippen molar-refractivity contribution < 1.29 is 24.5 Å². The van der Waals surface area contributed by atoms with Crippen LogP contribution in [-0.2, 0) is 16.0 Å². The number of hydrogen-bond donors (Lipinski definition) is 3. The lowest BCUT2D eigenvalue weighted by molar-refractivity contribution is -0.142. The van der Waals surface area contributed by atoms with E-state index in [1.54, 1.807) is 12.1 Å². The van der Waals surface area contributed by atoms with E-state index in [4.69, 9.17) is 9.84 Å². The molecule has 22 heavy (non-hydrogen) atoms. The molecule has 1 unspecified atom stereocenters. The summed E-state index contributed by atoms with van der Waals surface area (Å²) in [5.41, 5.74) is 0.782. The predicted molar refractivity (Wildman–Crippen MR) is 82.0 cm³/mol. The number of aryl methyl sites for hydroxylation is 1.